The summed E-state index contributed by atoms with van der Waals surface area (Å²) in [6.07, 6.45) is 2.80. The number of sulfonamides is 1. The number of carbonyl (C=O) groups is 2. The third kappa shape index (κ3) is 7.13. The summed E-state index contributed by atoms with van der Waals surface area (Å²) < 4.78 is 33.6. The maximum absolute atomic E-state index is 13.4. The van der Waals surface area contributed by atoms with Crippen molar-refractivity contribution in [2.75, 3.05) is 24.1 Å². The first-order valence-corrected chi connectivity index (χ1v) is 13.0. The molecule has 2 heterocycles. The Morgan fingerprint density at radius 2 is 2.09 bits per heavy atom. The number of piperidine rings is 1. The SMILES string of the molecule is Nc1cc(Cl)c(S(=O)(=O)N[C@@H](CCCNc2ncc[nH]2)C(=O)N2CCCC[C@H]2OC(=O)O)cc1Cl. The van der Waals surface area contributed by atoms with Crippen LogP contribution in [0.2, 0.25) is 10.0 Å². The molecular weight excluding hydrogens is 523 g/mol. The van der Waals surface area contributed by atoms with Crippen LogP contribution in [0.1, 0.15) is 32.1 Å². The summed E-state index contributed by atoms with van der Waals surface area (Å²) >= 11 is 12.1. The van der Waals surface area contributed by atoms with Crippen molar-refractivity contribution in [1.29, 1.82) is 0 Å². The monoisotopic (exact) mass is 548 g/mol. The summed E-state index contributed by atoms with van der Waals surface area (Å²) in [5.74, 6) is -0.0714. The van der Waals surface area contributed by atoms with E-state index >= 15 is 0 Å². The quantitative estimate of drug-likeness (QED) is 0.169. The number of halogens is 2. The van der Waals surface area contributed by atoms with Crippen molar-refractivity contribution in [1.82, 2.24) is 19.6 Å². The Morgan fingerprint density at radius 1 is 1.31 bits per heavy atom. The van der Waals surface area contributed by atoms with E-state index in [0.29, 0.717) is 38.2 Å². The molecule has 0 aliphatic carbocycles. The lowest BCUT2D eigenvalue weighted by molar-refractivity contribution is -0.147. The molecule has 1 aliphatic heterocycles. The molecule has 0 spiro atoms. The van der Waals surface area contributed by atoms with Gasteiger partial charge in [0.25, 0.3) is 0 Å². The smallest absolute Gasteiger partial charge is 0.450 e. The first kappa shape index (κ1) is 26.9. The number of rotatable bonds is 10. The lowest BCUT2D eigenvalue weighted by Gasteiger charge is -2.36. The molecule has 15 heteroatoms. The lowest BCUT2D eigenvalue weighted by atomic mass is 10.1. The van der Waals surface area contributed by atoms with E-state index in [1.54, 1.807) is 12.4 Å². The summed E-state index contributed by atoms with van der Waals surface area (Å²) in [5, 5.41) is 11.9. The van der Waals surface area contributed by atoms with Gasteiger partial charge in [0.2, 0.25) is 15.9 Å². The van der Waals surface area contributed by atoms with Gasteiger partial charge in [0.1, 0.15) is 10.9 Å². The second kappa shape index (κ2) is 11.8. The standard InChI is InChI=1S/C20H26Cl2N6O6S/c21-12-11-16(13(22)10-14(12)23)35(32,33)27-15(4-3-6-24-19-25-7-8-26-19)18(29)28-9-2-1-5-17(28)34-20(30)31/h7-8,10-11,15,17,27H,1-6,9,23H2,(H,30,31)(H2,24,25,26)/t15-,17+/m0/s1. The van der Waals surface area contributed by atoms with Crippen molar-refractivity contribution in [3.05, 3.63) is 34.6 Å². The van der Waals surface area contributed by atoms with Crippen LogP contribution in [-0.2, 0) is 19.6 Å². The molecule has 6 N–H and O–H groups in total. The van der Waals surface area contributed by atoms with E-state index in [1.807, 2.05) is 0 Å². The van der Waals surface area contributed by atoms with Crippen LogP contribution in [0.15, 0.2) is 29.4 Å². The number of hydrogen-bond acceptors (Lipinski definition) is 8. The minimum Gasteiger partial charge on any atom is -0.450 e. The van der Waals surface area contributed by atoms with Crippen LogP contribution in [-0.4, -0.2) is 65.8 Å². The van der Waals surface area contributed by atoms with Crippen LogP contribution in [0.5, 0.6) is 0 Å². The second-order valence-corrected chi connectivity index (χ2v) is 10.3. The first-order chi connectivity index (χ1) is 16.6. The van der Waals surface area contributed by atoms with Gasteiger partial charge in [-0.05, 0) is 37.8 Å². The van der Waals surface area contributed by atoms with Gasteiger partial charge in [0.05, 0.1) is 15.7 Å². The highest BCUT2D eigenvalue weighted by Crippen LogP contribution is 2.30. The van der Waals surface area contributed by atoms with Gasteiger partial charge >= 0.3 is 6.16 Å². The zero-order valence-corrected chi connectivity index (χ0v) is 20.9. The van der Waals surface area contributed by atoms with E-state index in [4.69, 9.17) is 38.8 Å². The van der Waals surface area contributed by atoms with E-state index in [9.17, 15) is 18.0 Å². The van der Waals surface area contributed by atoms with Gasteiger partial charge in [-0.15, -0.1) is 0 Å². The number of imidazole rings is 1. The van der Waals surface area contributed by atoms with Crippen LogP contribution in [0, 0.1) is 0 Å². The average molecular weight is 549 g/mol. The topological polar surface area (TPSA) is 180 Å². The molecule has 3 rings (SSSR count). The van der Waals surface area contributed by atoms with Gasteiger partial charge < -0.3 is 30.8 Å². The van der Waals surface area contributed by atoms with Gasteiger partial charge in [0, 0.05) is 31.9 Å². The van der Waals surface area contributed by atoms with Gasteiger partial charge in [-0.3, -0.25) is 4.79 Å². The summed E-state index contributed by atoms with van der Waals surface area (Å²) in [5.41, 5.74) is 5.79. The number of likely N-dealkylation sites (tertiary alicyclic amines) is 1. The predicted molar refractivity (Wildman–Crippen MR) is 130 cm³/mol. The largest absolute Gasteiger partial charge is 0.507 e. The minimum absolute atomic E-state index is 0.00810. The number of hydrogen-bond donors (Lipinski definition) is 5. The van der Waals surface area contributed by atoms with Crippen molar-refractivity contribution in [2.24, 2.45) is 0 Å². The molecule has 1 aromatic heterocycles. The summed E-state index contributed by atoms with van der Waals surface area (Å²) in [6, 6.07) is 1.10. The molecule has 2 atom stereocenters. The van der Waals surface area contributed by atoms with E-state index in [1.165, 1.54) is 11.0 Å². The number of nitrogen functional groups attached to an aromatic ring is 1. The van der Waals surface area contributed by atoms with Crippen molar-refractivity contribution in [3.63, 3.8) is 0 Å². The third-order valence-electron chi connectivity index (χ3n) is 5.36. The van der Waals surface area contributed by atoms with E-state index in [0.717, 1.165) is 6.07 Å². The number of aromatic amines is 1. The maximum Gasteiger partial charge on any atom is 0.507 e. The molecule has 0 unspecified atom stereocenters. The molecule has 1 aliphatic rings. The molecule has 1 fully saturated rings. The third-order valence-corrected chi connectivity index (χ3v) is 7.63. The lowest BCUT2D eigenvalue weighted by Crippen LogP contribution is -2.54. The first-order valence-electron chi connectivity index (χ1n) is 10.8. The van der Waals surface area contributed by atoms with Crippen LogP contribution in [0.25, 0.3) is 0 Å². The molecule has 1 amide bonds. The van der Waals surface area contributed by atoms with Gasteiger partial charge in [-0.25, -0.2) is 18.2 Å². The molecule has 35 heavy (non-hydrogen) atoms. The molecule has 0 saturated carbocycles. The average Bonchev–Trinajstić information content (AvgIpc) is 3.31. The fourth-order valence-electron chi connectivity index (χ4n) is 3.70. The number of benzene rings is 1. The number of nitrogens with zero attached hydrogens (tertiary/aromatic N) is 2. The number of ether oxygens (including phenoxy) is 1. The van der Waals surface area contributed by atoms with E-state index in [2.05, 4.69) is 20.0 Å². The molecule has 0 radical (unpaired) electrons. The number of nitrogens with two attached hydrogens (primary N) is 1. The summed E-state index contributed by atoms with van der Waals surface area (Å²) in [7, 11) is -4.30. The van der Waals surface area contributed by atoms with E-state index in [-0.39, 0.29) is 33.6 Å². The fourth-order valence-corrected chi connectivity index (χ4v) is 5.71. The molecular formula is C20H26Cl2N6O6S. The number of anilines is 2. The zero-order valence-electron chi connectivity index (χ0n) is 18.5. The van der Waals surface area contributed by atoms with Crippen LogP contribution in [0.3, 0.4) is 0 Å². The number of H-pyrrole nitrogens is 1. The highest BCUT2D eigenvalue weighted by molar-refractivity contribution is 7.89. The van der Waals surface area contributed by atoms with Crippen LogP contribution >= 0.6 is 23.2 Å². The molecule has 2 aromatic rings. The Labute approximate surface area is 212 Å². The van der Waals surface area contributed by atoms with Crippen LogP contribution in [0.4, 0.5) is 16.4 Å². The van der Waals surface area contributed by atoms with Crippen molar-refractivity contribution < 1.29 is 27.9 Å². The summed E-state index contributed by atoms with van der Waals surface area (Å²) in [4.78, 5) is 32.4. The Kier molecular flexibility index (Phi) is 9.05. The van der Waals surface area contributed by atoms with Gasteiger partial charge in [-0.1, -0.05) is 23.2 Å². The number of carboxylic acid groups (broad SMARTS) is 1. The Hall–Kier alpha value is -2.74. The summed E-state index contributed by atoms with van der Waals surface area (Å²) in [6.45, 7) is 0.622. The number of nitrogens with one attached hydrogen (secondary N) is 3. The Bertz CT molecular complexity index is 1150. The predicted octanol–water partition coefficient (Wildman–Crippen LogP) is 2.87. The number of amides is 1. The van der Waals surface area contributed by atoms with Crippen molar-refractivity contribution in [2.45, 2.75) is 49.3 Å². The highest BCUT2D eigenvalue weighted by Gasteiger charge is 2.36. The van der Waals surface area contributed by atoms with Crippen molar-refractivity contribution >= 4 is 56.9 Å². The fraction of sp³-hybridized carbons (Fsp3) is 0.450. The Morgan fingerprint density at radius 3 is 2.77 bits per heavy atom. The number of carbonyl (C=O) groups excluding carboxylic acids is 1. The molecule has 0 bridgehead atoms. The zero-order chi connectivity index (χ0) is 25.6. The maximum atomic E-state index is 13.4. The van der Waals surface area contributed by atoms with E-state index < -0.39 is 34.4 Å². The normalized spacial score (nSPS) is 17.1. The second-order valence-electron chi connectivity index (χ2n) is 7.85. The minimum atomic E-state index is -4.30. The molecule has 192 valence electrons. The van der Waals surface area contributed by atoms with Crippen molar-refractivity contribution in [3.8, 4) is 0 Å². The van der Waals surface area contributed by atoms with Gasteiger partial charge in [-0.2, -0.15) is 4.72 Å². The van der Waals surface area contributed by atoms with Gasteiger partial charge in [0.15, 0.2) is 12.2 Å². The molecule has 1 aromatic carbocycles. The highest BCUT2D eigenvalue weighted by atomic mass is 35.5. The molecule has 1 saturated heterocycles. The van der Waals surface area contributed by atoms with Crippen LogP contribution < -0.4 is 15.8 Å². The Balaban J connectivity index is 1.81. The number of aromatic nitrogens is 2. The molecule has 12 nitrogen and oxygen atoms in total.